The van der Waals surface area contributed by atoms with Gasteiger partial charge in [-0.3, -0.25) is 0 Å². The zero-order valence-corrected chi connectivity index (χ0v) is 17.1. The van der Waals surface area contributed by atoms with Crippen LogP contribution in [0.1, 0.15) is 0 Å². The van der Waals surface area contributed by atoms with Crippen molar-refractivity contribution in [3.05, 3.63) is 48.5 Å². The molecule has 0 saturated heterocycles. The van der Waals surface area contributed by atoms with E-state index in [4.69, 9.17) is 5.63 Å². The van der Waals surface area contributed by atoms with Gasteiger partial charge in [0.05, 0.1) is 0 Å². The monoisotopic (exact) mass is 438 g/mol. The van der Waals surface area contributed by atoms with Crippen LogP contribution in [0.3, 0.4) is 0 Å². The summed E-state index contributed by atoms with van der Waals surface area (Å²) in [6.45, 7) is 0. The number of rotatable bonds is 6. The van der Waals surface area contributed by atoms with Crippen LogP contribution in [0, 0.1) is 0 Å². The van der Waals surface area contributed by atoms with E-state index in [0.717, 1.165) is 11.5 Å². The topological polar surface area (TPSA) is 18.5 Å². The average Bonchev–Trinajstić information content (AvgIpc) is 2.48. The van der Waals surface area contributed by atoms with Gasteiger partial charge in [-0.1, -0.05) is 0 Å². The molecule has 0 spiro atoms. The van der Waals surface area contributed by atoms with Gasteiger partial charge in [0, 0.05) is 0 Å². The van der Waals surface area contributed by atoms with E-state index in [1.807, 2.05) is 36.4 Å². The Morgan fingerprint density at radius 1 is 0.762 bits per heavy atom. The molecular weight excluding hydrogens is 426 g/mol. The number of hydrogen-bond acceptors (Lipinski definition) is 4. The molecule has 21 heavy (non-hydrogen) atoms. The first-order valence-electron chi connectivity index (χ1n) is 5.68. The van der Waals surface area contributed by atoms with E-state index in [1.54, 1.807) is 23.5 Å². The molecule has 7 heteroatoms. The summed E-state index contributed by atoms with van der Waals surface area (Å²) in [6, 6.07) is 16.2. The van der Waals surface area contributed by atoms with Gasteiger partial charge in [-0.15, -0.1) is 0 Å². The summed E-state index contributed by atoms with van der Waals surface area (Å²) in [7, 11) is 0. The Bertz CT molecular complexity index is 496. The molecule has 0 unspecified atom stereocenters. The summed E-state index contributed by atoms with van der Waals surface area (Å²) >= 11 is 2.09. The van der Waals surface area contributed by atoms with Gasteiger partial charge in [0.1, 0.15) is 0 Å². The predicted octanol–water partition coefficient (Wildman–Crippen LogP) is -1.49. The zero-order chi connectivity index (χ0) is 13.5. The molecule has 0 bridgehead atoms. The zero-order valence-electron chi connectivity index (χ0n) is 11.5. The van der Waals surface area contributed by atoms with Crippen molar-refractivity contribution in [2.24, 2.45) is 0 Å². The van der Waals surface area contributed by atoms with Gasteiger partial charge in [0.25, 0.3) is 0 Å². The van der Waals surface area contributed by atoms with E-state index in [2.05, 4.69) is 24.6 Å². The summed E-state index contributed by atoms with van der Waals surface area (Å²) in [5.41, 5.74) is 0. The second-order valence-corrected chi connectivity index (χ2v) is 6.82. The molecule has 0 aliphatic heterocycles. The largest absolute Gasteiger partial charge is 1.00 e. The minimum atomic E-state index is -1.34. The predicted molar refractivity (Wildman–Crippen MR) is 77.7 cm³/mol. The van der Waals surface area contributed by atoms with Crippen LogP contribution in [-0.2, 0) is 24.1 Å². The van der Waals surface area contributed by atoms with Crippen molar-refractivity contribution < 1.29 is 54.6 Å². The first-order chi connectivity index (χ1) is 9.31. The first kappa shape index (κ1) is 21.2. The van der Waals surface area contributed by atoms with Crippen molar-refractivity contribution in [3.8, 4) is 11.5 Å². The van der Waals surface area contributed by atoms with Crippen molar-refractivity contribution in [2.75, 3.05) is 12.5 Å². The Labute approximate surface area is 159 Å². The fraction of sp³-hybridized carbons (Fsp3) is 0.143. The van der Waals surface area contributed by atoms with Crippen molar-refractivity contribution >= 4 is 23.5 Å². The standard InChI is InChI=1S/2C7H8OS.2ClH.Zr/c2*1-9-7-4-2-3-6(8)5-7;;;/h2*2-5,8H,1H3;2*1H;/q;;;;+4/p-4. The van der Waals surface area contributed by atoms with Gasteiger partial charge < -0.3 is 24.8 Å². The summed E-state index contributed by atoms with van der Waals surface area (Å²) in [5.74, 6) is 1.80. The number of thioether (sulfide) groups is 2. The molecule has 2 aromatic carbocycles. The fourth-order valence-corrected chi connectivity index (χ4v) is 3.54. The molecule has 0 saturated carbocycles. The van der Waals surface area contributed by atoms with Crippen LogP contribution in [0.2, 0.25) is 0 Å². The van der Waals surface area contributed by atoms with Crippen LogP contribution in [0.25, 0.3) is 0 Å². The van der Waals surface area contributed by atoms with Crippen LogP contribution in [0.5, 0.6) is 11.5 Å². The Balaban J connectivity index is 0.00000200. The second kappa shape index (κ2) is 11.7. The Morgan fingerprint density at radius 3 is 1.57 bits per heavy atom. The number of benzene rings is 2. The van der Waals surface area contributed by atoms with E-state index in [0.29, 0.717) is 0 Å². The number of halogens is 2. The van der Waals surface area contributed by atoms with Gasteiger partial charge in [-0.2, -0.15) is 0 Å². The van der Waals surface area contributed by atoms with Crippen LogP contribution in [-0.4, -0.2) is 12.5 Å². The quantitative estimate of drug-likeness (QED) is 0.510. The maximum Gasteiger partial charge on any atom is -1.00 e. The van der Waals surface area contributed by atoms with Crippen LogP contribution in [0.15, 0.2) is 58.3 Å². The molecule has 0 heterocycles. The third-order valence-electron chi connectivity index (χ3n) is 2.40. The van der Waals surface area contributed by atoms with E-state index in [9.17, 15) is 0 Å². The maximum absolute atomic E-state index is 5.75. The molecule has 0 aromatic heterocycles. The van der Waals surface area contributed by atoms with Gasteiger partial charge in [-0.25, -0.2) is 0 Å². The minimum Gasteiger partial charge on any atom is -1.00 e. The van der Waals surface area contributed by atoms with E-state index in [1.165, 1.54) is 9.79 Å². The van der Waals surface area contributed by atoms with Crippen molar-refractivity contribution in [3.63, 3.8) is 0 Å². The smallest absolute Gasteiger partial charge is 1.00 e. The van der Waals surface area contributed by atoms with Crippen molar-refractivity contribution in [1.29, 1.82) is 0 Å². The summed E-state index contributed by atoms with van der Waals surface area (Å²) in [4.78, 5) is 2.42. The van der Waals surface area contributed by atoms with Crippen LogP contribution in [0.4, 0.5) is 0 Å². The van der Waals surface area contributed by atoms with Crippen LogP contribution < -0.4 is 30.4 Å². The van der Waals surface area contributed by atoms with Gasteiger partial charge in [0.15, 0.2) is 0 Å². The van der Waals surface area contributed by atoms with Gasteiger partial charge in [0.2, 0.25) is 0 Å². The van der Waals surface area contributed by atoms with E-state index >= 15 is 0 Å². The first-order valence-corrected chi connectivity index (χ1v) is 10.1. The molecular formula is C14H14Cl2O2S2Zr. The molecule has 0 fully saturated rings. The summed E-state index contributed by atoms with van der Waals surface area (Å²) < 4.78 is 11.5. The molecule has 0 N–H and O–H groups in total. The summed E-state index contributed by atoms with van der Waals surface area (Å²) in [6.07, 6.45) is 4.12. The van der Waals surface area contributed by atoms with E-state index < -0.39 is 24.1 Å². The third kappa shape index (κ3) is 7.34. The molecule has 112 valence electrons. The fourth-order valence-electron chi connectivity index (χ4n) is 1.45. The van der Waals surface area contributed by atoms with Gasteiger partial charge >= 0.3 is 136 Å². The van der Waals surface area contributed by atoms with Crippen molar-refractivity contribution in [2.45, 2.75) is 9.79 Å². The minimum absolute atomic E-state index is 0. The Hall–Kier alpha value is 0.203. The maximum atomic E-state index is 5.75. The van der Waals surface area contributed by atoms with Crippen LogP contribution >= 0.6 is 23.5 Å². The molecule has 0 radical (unpaired) electrons. The van der Waals surface area contributed by atoms with Crippen molar-refractivity contribution in [1.82, 2.24) is 0 Å². The normalized spacial score (nSPS) is 8.86. The third-order valence-corrected chi connectivity index (χ3v) is 5.42. The van der Waals surface area contributed by atoms with E-state index in [-0.39, 0.29) is 24.8 Å². The molecule has 2 nitrogen and oxygen atoms in total. The molecule has 0 aliphatic rings. The molecule has 0 amide bonds. The Kier molecular flexibility index (Phi) is 11.8. The molecule has 0 atom stereocenters. The van der Waals surface area contributed by atoms with Gasteiger partial charge in [-0.05, 0) is 0 Å². The Morgan fingerprint density at radius 2 is 1.19 bits per heavy atom. The summed E-state index contributed by atoms with van der Waals surface area (Å²) in [5, 5.41) is 0. The molecule has 2 aromatic rings. The molecule has 0 aliphatic carbocycles. The number of hydrogen-bond donors (Lipinski definition) is 0. The molecule has 2 rings (SSSR count). The average molecular weight is 441 g/mol. The SMILES string of the molecule is CSc1cccc([O][Zr+2][O]c2cccc(SC)c2)c1.[Cl-].[Cl-]. The second-order valence-electron chi connectivity index (χ2n) is 3.65.